The second-order valence-corrected chi connectivity index (χ2v) is 13.5. The predicted octanol–water partition coefficient (Wildman–Crippen LogP) is 5.32. The van der Waals surface area contributed by atoms with Crippen molar-refractivity contribution in [3.63, 3.8) is 0 Å². The van der Waals surface area contributed by atoms with E-state index in [1.807, 2.05) is 0 Å². The third kappa shape index (κ3) is 4.53. The Balaban J connectivity index is 1.46. The lowest BCUT2D eigenvalue weighted by Crippen LogP contribution is -2.36. The summed E-state index contributed by atoms with van der Waals surface area (Å²) in [5.41, 5.74) is 1.40. The van der Waals surface area contributed by atoms with Gasteiger partial charge in [0, 0.05) is 26.0 Å². The van der Waals surface area contributed by atoms with Crippen LogP contribution in [0.1, 0.15) is 49.7 Å². The zero-order valence-corrected chi connectivity index (χ0v) is 21.3. The van der Waals surface area contributed by atoms with Crippen molar-refractivity contribution in [2.24, 2.45) is 0 Å². The molecule has 2 aliphatic rings. The van der Waals surface area contributed by atoms with Crippen LogP contribution in [0.4, 0.5) is 5.00 Å². The van der Waals surface area contributed by atoms with E-state index in [9.17, 15) is 18.0 Å². The summed E-state index contributed by atoms with van der Waals surface area (Å²) < 4.78 is 24.4. The van der Waals surface area contributed by atoms with Gasteiger partial charge in [0.15, 0.2) is 9.84 Å². The maximum atomic E-state index is 13.2. The van der Waals surface area contributed by atoms with Gasteiger partial charge in [-0.1, -0.05) is 29.3 Å². The molecule has 6 nitrogen and oxygen atoms in total. The fourth-order valence-electron chi connectivity index (χ4n) is 4.41. The molecule has 0 radical (unpaired) electrons. The maximum absolute atomic E-state index is 13.2. The molecule has 1 aromatic carbocycles. The molecule has 3 aromatic rings. The molecule has 2 N–H and O–H groups in total. The van der Waals surface area contributed by atoms with Gasteiger partial charge in [-0.15, -0.1) is 22.7 Å². The van der Waals surface area contributed by atoms with E-state index in [1.54, 1.807) is 18.2 Å². The second kappa shape index (κ2) is 8.85. The molecule has 2 amide bonds. The quantitative estimate of drug-likeness (QED) is 0.466. The van der Waals surface area contributed by atoms with Crippen molar-refractivity contribution in [3.8, 4) is 0 Å². The Morgan fingerprint density at radius 1 is 1.06 bits per heavy atom. The average molecular weight is 544 g/mol. The van der Waals surface area contributed by atoms with Crippen LogP contribution >= 0.6 is 45.9 Å². The molecule has 1 atom stereocenters. The summed E-state index contributed by atoms with van der Waals surface area (Å²) >= 11 is 15.2. The minimum Gasteiger partial charge on any atom is -0.348 e. The molecular formula is C22H20Cl2N2O4S3. The number of nitrogens with one attached hydrogen (secondary N) is 2. The molecule has 33 heavy (non-hydrogen) atoms. The Morgan fingerprint density at radius 3 is 2.61 bits per heavy atom. The van der Waals surface area contributed by atoms with Gasteiger partial charge in [0.25, 0.3) is 11.8 Å². The Kier molecular flexibility index (Phi) is 6.20. The first kappa shape index (κ1) is 23.1. The number of fused-ring (bicyclic) bond motifs is 2. The molecule has 0 saturated carbocycles. The molecule has 3 heterocycles. The zero-order chi connectivity index (χ0) is 23.3. The third-order valence-corrected chi connectivity index (χ3v) is 10.9. The minimum absolute atomic E-state index is 0.0489. The molecule has 5 rings (SSSR count). The lowest BCUT2D eigenvalue weighted by molar-refractivity contribution is 0.0941. The first-order valence-corrected chi connectivity index (χ1v) is 14.8. The second-order valence-electron chi connectivity index (χ2n) is 8.33. The van der Waals surface area contributed by atoms with Gasteiger partial charge in [0.05, 0.1) is 22.1 Å². The normalized spacial score (nSPS) is 19.4. The molecule has 174 valence electrons. The highest BCUT2D eigenvalue weighted by molar-refractivity contribution is 7.91. The Bertz CT molecular complexity index is 1390. The first-order valence-electron chi connectivity index (χ1n) is 10.6. The number of aryl methyl sites for hydroxylation is 1. The highest BCUT2D eigenvalue weighted by Crippen LogP contribution is 2.41. The summed E-state index contributed by atoms with van der Waals surface area (Å²) in [6.45, 7) is 0. The van der Waals surface area contributed by atoms with E-state index in [4.69, 9.17) is 23.2 Å². The SMILES string of the molecule is O=C(Nc1sc2c(c1C(=O)N[C@@H]1CCS(=O)(=O)C1)CCCC2)c1sc2cc(Cl)ccc2c1Cl. The lowest BCUT2D eigenvalue weighted by atomic mass is 9.95. The van der Waals surface area contributed by atoms with Crippen molar-refractivity contribution in [2.75, 3.05) is 16.8 Å². The molecule has 1 aliphatic heterocycles. The molecular weight excluding hydrogens is 523 g/mol. The highest BCUT2D eigenvalue weighted by Gasteiger charge is 2.32. The van der Waals surface area contributed by atoms with Crippen LogP contribution < -0.4 is 10.6 Å². The van der Waals surface area contributed by atoms with E-state index in [1.165, 1.54) is 22.7 Å². The van der Waals surface area contributed by atoms with Crippen LogP contribution in [0.3, 0.4) is 0 Å². The summed E-state index contributed by atoms with van der Waals surface area (Å²) in [5.74, 6) is -0.681. The Morgan fingerprint density at radius 2 is 1.85 bits per heavy atom. The lowest BCUT2D eigenvalue weighted by Gasteiger charge is -2.15. The van der Waals surface area contributed by atoms with E-state index in [2.05, 4.69) is 10.6 Å². The molecule has 1 fully saturated rings. The number of amides is 2. The molecule has 1 aliphatic carbocycles. The summed E-state index contributed by atoms with van der Waals surface area (Å²) in [6.07, 6.45) is 4.03. The van der Waals surface area contributed by atoms with Gasteiger partial charge < -0.3 is 10.6 Å². The Hall–Kier alpha value is -1.65. The molecule has 0 spiro atoms. The van der Waals surface area contributed by atoms with E-state index in [0.29, 0.717) is 31.9 Å². The standard InChI is InChI=1S/C22H20Cl2N2O4S3/c23-11-5-6-14-16(9-11)31-19(18(14)24)21(28)26-22-17(13-3-1-2-4-15(13)32-22)20(27)25-12-7-8-33(29,30)10-12/h5-6,9,12H,1-4,7-8,10H2,(H,25,27)(H,26,28)/t12-/m1/s1. The van der Waals surface area contributed by atoms with Crippen molar-refractivity contribution in [3.05, 3.63) is 49.1 Å². The fraction of sp³-hybridized carbons (Fsp3) is 0.364. The number of benzene rings is 1. The van der Waals surface area contributed by atoms with Gasteiger partial charge in [-0.25, -0.2) is 8.42 Å². The number of sulfone groups is 1. The monoisotopic (exact) mass is 542 g/mol. The highest BCUT2D eigenvalue weighted by atomic mass is 35.5. The van der Waals surface area contributed by atoms with Crippen LogP contribution in [0.25, 0.3) is 10.1 Å². The summed E-state index contributed by atoms with van der Waals surface area (Å²) in [7, 11) is -3.12. The van der Waals surface area contributed by atoms with Crippen molar-refractivity contribution in [2.45, 2.75) is 38.1 Å². The van der Waals surface area contributed by atoms with Crippen molar-refractivity contribution < 1.29 is 18.0 Å². The summed E-state index contributed by atoms with van der Waals surface area (Å²) in [5, 5.41) is 7.95. The topological polar surface area (TPSA) is 92.3 Å². The number of hydrogen-bond donors (Lipinski definition) is 2. The van der Waals surface area contributed by atoms with Gasteiger partial charge in [-0.05, 0) is 49.8 Å². The fourth-order valence-corrected chi connectivity index (χ4v) is 9.05. The average Bonchev–Trinajstić information content (AvgIpc) is 3.40. The molecule has 2 aromatic heterocycles. The van der Waals surface area contributed by atoms with Gasteiger partial charge in [-0.3, -0.25) is 9.59 Å². The largest absolute Gasteiger partial charge is 0.348 e. The smallest absolute Gasteiger partial charge is 0.267 e. The number of carbonyl (C=O) groups is 2. The van der Waals surface area contributed by atoms with Gasteiger partial charge in [-0.2, -0.15) is 0 Å². The van der Waals surface area contributed by atoms with Crippen LogP contribution in [-0.2, 0) is 22.7 Å². The number of rotatable bonds is 4. The number of hydrogen-bond acceptors (Lipinski definition) is 6. The number of thiophene rings is 2. The van der Waals surface area contributed by atoms with Crippen molar-refractivity contribution in [1.29, 1.82) is 0 Å². The Labute approximate surface area is 209 Å². The predicted molar refractivity (Wildman–Crippen MR) is 135 cm³/mol. The first-order chi connectivity index (χ1) is 15.7. The van der Waals surface area contributed by atoms with Crippen LogP contribution in [-0.4, -0.2) is 37.8 Å². The van der Waals surface area contributed by atoms with E-state index in [0.717, 1.165) is 46.2 Å². The van der Waals surface area contributed by atoms with Crippen molar-refractivity contribution in [1.82, 2.24) is 5.32 Å². The summed E-state index contributed by atoms with van der Waals surface area (Å²) in [4.78, 5) is 27.9. The van der Waals surface area contributed by atoms with Crippen LogP contribution in [0.2, 0.25) is 10.0 Å². The zero-order valence-electron chi connectivity index (χ0n) is 17.4. The van der Waals surface area contributed by atoms with E-state index < -0.39 is 15.9 Å². The van der Waals surface area contributed by atoms with Gasteiger partial charge >= 0.3 is 0 Å². The number of halogens is 2. The third-order valence-electron chi connectivity index (χ3n) is 5.99. The summed E-state index contributed by atoms with van der Waals surface area (Å²) in [6, 6.07) is 4.87. The van der Waals surface area contributed by atoms with Gasteiger partial charge in [0.2, 0.25) is 0 Å². The van der Waals surface area contributed by atoms with E-state index >= 15 is 0 Å². The van der Waals surface area contributed by atoms with E-state index in [-0.39, 0.29) is 23.3 Å². The minimum atomic E-state index is -3.12. The maximum Gasteiger partial charge on any atom is 0.267 e. The molecule has 11 heteroatoms. The van der Waals surface area contributed by atoms with Gasteiger partial charge in [0.1, 0.15) is 9.88 Å². The molecule has 0 unspecified atom stereocenters. The number of anilines is 1. The van der Waals surface area contributed by atoms with Crippen LogP contribution in [0.5, 0.6) is 0 Å². The molecule has 0 bridgehead atoms. The van der Waals surface area contributed by atoms with Crippen LogP contribution in [0, 0.1) is 0 Å². The van der Waals surface area contributed by atoms with Crippen LogP contribution in [0.15, 0.2) is 18.2 Å². The molecule has 1 saturated heterocycles. The van der Waals surface area contributed by atoms with Crippen molar-refractivity contribution >= 4 is 82.6 Å². The number of carbonyl (C=O) groups excluding carboxylic acids is 2.